The van der Waals surface area contributed by atoms with Crippen molar-refractivity contribution in [2.75, 3.05) is 39.2 Å². The summed E-state index contributed by atoms with van der Waals surface area (Å²) in [4.78, 5) is 46.6. The van der Waals surface area contributed by atoms with E-state index in [4.69, 9.17) is 9.47 Å². The highest BCUT2D eigenvalue weighted by atomic mass is 16.5. The number of methoxy groups -OCH3 is 1. The van der Waals surface area contributed by atoms with Gasteiger partial charge in [0.25, 0.3) is 11.8 Å². The predicted molar refractivity (Wildman–Crippen MR) is 135 cm³/mol. The van der Waals surface area contributed by atoms with Gasteiger partial charge in [-0.2, -0.15) is 0 Å². The first-order valence-electron chi connectivity index (χ1n) is 12.4. The molecule has 2 aliphatic rings. The van der Waals surface area contributed by atoms with Gasteiger partial charge in [0.05, 0.1) is 17.7 Å². The minimum atomic E-state index is -0.291. The van der Waals surface area contributed by atoms with E-state index in [-0.39, 0.29) is 48.3 Å². The van der Waals surface area contributed by atoms with E-state index in [2.05, 4.69) is 10.3 Å². The van der Waals surface area contributed by atoms with E-state index in [0.29, 0.717) is 35.7 Å². The number of nitrogens with one attached hydrogen (secondary N) is 1. The molecular weight excluding hydrogens is 460 g/mol. The number of hydrogen-bond donors (Lipinski definition) is 1. The molecular formula is C27H34N4O5. The van der Waals surface area contributed by atoms with Crippen LogP contribution in [0.25, 0.3) is 0 Å². The number of anilines is 1. The summed E-state index contributed by atoms with van der Waals surface area (Å²) < 4.78 is 11.9. The third kappa shape index (κ3) is 5.84. The minimum absolute atomic E-state index is 0.0306. The fourth-order valence-corrected chi connectivity index (χ4v) is 4.39. The molecule has 1 fully saturated rings. The lowest BCUT2D eigenvalue weighted by atomic mass is 10.0. The van der Waals surface area contributed by atoms with Crippen LogP contribution in [0, 0.1) is 11.8 Å². The number of likely N-dealkylation sites (N-methyl/N-ethyl adjacent to an activating group) is 1. The van der Waals surface area contributed by atoms with Gasteiger partial charge in [0.15, 0.2) is 0 Å². The zero-order valence-electron chi connectivity index (χ0n) is 21.3. The number of aromatic nitrogens is 1. The molecule has 1 aromatic heterocycles. The highest BCUT2D eigenvalue weighted by Gasteiger charge is 2.32. The second-order valence-corrected chi connectivity index (χ2v) is 9.77. The van der Waals surface area contributed by atoms with E-state index in [1.165, 1.54) is 0 Å². The monoisotopic (exact) mass is 494 g/mol. The largest absolute Gasteiger partial charge is 0.491 e. The van der Waals surface area contributed by atoms with Gasteiger partial charge in [0, 0.05) is 62.7 Å². The molecule has 2 heterocycles. The highest BCUT2D eigenvalue weighted by Crippen LogP contribution is 2.31. The van der Waals surface area contributed by atoms with Gasteiger partial charge in [-0.3, -0.25) is 19.4 Å². The van der Waals surface area contributed by atoms with Crippen molar-refractivity contribution in [3.63, 3.8) is 0 Å². The molecule has 1 aromatic carbocycles. The number of carbonyl (C=O) groups is 3. The number of pyridine rings is 1. The summed E-state index contributed by atoms with van der Waals surface area (Å²) in [6.45, 7) is 4.90. The van der Waals surface area contributed by atoms with Gasteiger partial charge < -0.3 is 24.6 Å². The van der Waals surface area contributed by atoms with Crippen molar-refractivity contribution < 1.29 is 23.9 Å². The van der Waals surface area contributed by atoms with Crippen molar-refractivity contribution in [1.29, 1.82) is 0 Å². The number of benzene rings is 1. The lowest BCUT2D eigenvalue weighted by Crippen LogP contribution is -2.48. The molecule has 0 unspecified atom stereocenters. The normalized spacial score (nSPS) is 23.1. The van der Waals surface area contributed by atoms with Crippen LogP contribution in [0.4, 0.5) is 5.69 Å². The fourth-order valence-electron chi connectivity index (χ4n) is 4.39. The Morgan fingerprint density at radius 1 is 1.11 bits per heavy atom. The number of carbonyl (C=O) groups excluding carboxylic acids is 3. The lowest BCUT2D eigenvalue weighted by Gasteiger charge is -2.36. The molecule has 3 atom stereocenters. The maximum Gasteiger partial charge on any atom is 0.257 e. The van der Waals surface area contributed by atoms with Crippen LogP contribution in [0.1, 0.15) is 47.4 Å². The molecule has 2 aromatic rings. The standard InChI is InChI=1S/C27H34N4O5/c1-17-14-31(26(33)20-9-11-28-12-10-20)18(2)16-36-23-8-7-21(29-25(32)19-5-6-19)13-22(23)27(34)30(3)15-24(17)35-4/h7-13,17-19,24H,5-6,14-16H2,1-4H3,(H,29,32)/t17-,18-,24-/m1/s1. The Kier molecular flexibility index (Phi) is 7.88. The third-order valence-electron chi connectivity index (χ3n) is 6.85. The molecule has 192 valence electrons. The van der Waals surface area contributed by atoms with Crippen molar-refractivity contribution in [3.05, 3.63) is 53.9 Å². The van der Waals surface area contributed by atoms with E-state index >= 15 is 0 Å². The summed E-state index contributed by atoms with van der Waals surface area (Å²) in [6, 6.07) is 8.22. The smallest absolute Gasteiger partial charge is 0.257 e. The van der Waals surface area contributed by atoms with Gasteiger partial charge in [-0.05, 0) is 50.1 Å². The molecule has 1 N–H and O–H groups in total. The van der Waals surface area contributed by atoms with Crippen LogP contribution >= 0.6 is 0 Å². The highest BCUT2D eigenvalue weighted by molar-refractivity contribution is 6.00. The predicted octanol–water partition coefficient (Wildman–Crippen LogP) is 3.08. The van der Waals surface area contributed by atoms with Gasteiger partial charge in [0.1, 0.15) is 12.4 Å². The second kappa shape index (κ2) is 11.1. The Hall–Kier alpha value is -3.46. The van der Waals surface area contributed by atoms with E-state index in [1.54, 1.807) is 66.7 Å². The van der Waals surface area contributed by atoms with Gasteiger partial charge in [0.2, 0.25) is 5.91 Å². The van der Waals surface area contributed by atoms with E-state index in [1.807, 2.05) is 13.8 Å². The van der Waals surface area contributed by atoms with Crippen LogP contribution in [0.5, 0.6) is 5.75 Å². The molecule has 9 heteroatoms. The average molecular weight is 495 g/mol. The molecule has 4 rings (SSSR count). The Morgan fingerprint density at radius 2 is 1.83 bits per heavy atom. The van der Waals surface area contributed by atoms with Crippen LogP contribution < -0.4 is 10.1 Å². The molecule has 0 bridgehead atoms. The Morgan fingerprint density at radius 3 is 2.50 bits per heavy atom. The first kappa shape index (κ1) is 25.6. The summed E-state index contributed by atoms with van der Waals surface area (Å²) in [7, 11) is 3.33. The van der Waals surface area contributed by atoms with Gasteiger partial charge in [-0.15, -0.1) is 0 Å². The second-order valence-electron chi connectivity index (χ2n) is 9.77. The number of fused-ring (bicyclic) bond motifs is 1. The van der Waals surface area contributed by atoms with E-state index in [9.17, 15) is 14.4 Å². The van der Waals surface area contributed by atoms with Crippen molar-refractivity contribution >= 4 is 23.4 Å². The first-order chi connectivity index (χ1) is 17.3. The average Bonchev–Trinajstić information content (AvgIpc) is 3.74. The van der Waals surface area contributed by atoms with Gasteiger partial charge in [-0.1, -0.05) is 6.92 Å². The number of ether oxygens (including phenoxy) is 2. The van der Waals surface area contributed by atoms with Crippen LogP contribution in [-0.4, -0.2) is 78.5 Å². The summed E-state index contributed by atoms with van der Waals surface area (Å²) in [5.74, 6) is 0.0321. The Labute approximate surface area is 211 Å². The maximum absolute atomic E-state index is 13.5. The van der Waals surface area contributed by atoms with Crippen LogP contribution in [0.2, 0.25) is 0 Å². The molecule has 0 spiro atoms. The molecule has 0 radical (unpaired) electrons. The fraction of sp³-hybridized carbons (Fsp3) is 0.481. The van der Waals surface area contributed by atoms with Crippen molar-refractivity contribution in [1.82, 2.24) is 14.8 Å². The topological polar surface area (TPSA) is 101 Å². The van der Waals surface area contributed by atoms with Crippen molar-refractivity contribution in [2.45, 2.75) is 38.8 Å². The number of hydrogen-bond acceptors (Lipinski definition) is 6. The van der Waals surface area contributed by atoms with Crippen LogP contribution in [0.3, 0.4) is 0 Å². The number of amides is 3. The molecule has 3 amide bonds. The van der Waals surface area contributed by atoms with Crippen molar-refractivity contribution in [3.8, 4) is 5.75 Å². The third-order valence-corrected chi connectivity index (χ3v) is 6.85. The maximum atomic E-state index is 13.5. The Bertz CT molecular complexity index is 1100. The molecule has 9 nitrogen and oxygen atoms in total. The Balaban J connectivity index is 1.65. The summed E-state index contributed by atoms with van der Waals surface area (Å²) in [5, 5.41) is 2.90. The number of nitrogens with zero attached hydrogens (tertiary/aromatic N) is 3. The van der Waals surface area contributed by atoms with E-state index in [0.717, 1.165) is 12.8 Å². The quantitative estimate of drug-likeness (QED) is 0.701. The molecule has 1 aliphatic carbocycles. The van der Waals surface area contributed by atoms with E-state index < -0.39 is 0 Å². The SMILES string of the molecule is CO[C@@H]1CN(C)C(=O)c2cc(NC(=O)C3CC3)ccc2OC[C@@H](C)N(C(=O)c2ccncc2)C[C@H]1C. The molecule has 0 saturated heterocycles. The summed E-state index contributed by atoms with van der Waals surface area (Å²) in [5.41, 5.74) is 1.46. The number of rotatable bonds is 4. The van der Waals surface area contributed by atoms with Crippen molar-refractivity contribution in [2.24, 2.45) is 11.8 Å². The first-order valence-corrected chi connectivity index (χ1v) is 12.4. The van der Waals surface area contributed by atoms with Gasteiger partial charge in [-0.25, -0.2) is 0 Å². The van der Waals surface area contributed by atoms with Gasteiger partial charge >= 0.3 is 0 Å². The zero-order valence-corrected chi connectivity index (χ0v) is 21.3. The minimum Gasteiger partial charge on any atom is -0.491 e. The van der Waals surface area contributed by atoms with Crippen LogP contribution in [0.15, 0.2) is 42.7 Å². The zero-order chi connectivity index (χ0) is 25.8. The summed E-state index contributed by atoms with van der Waals surface area (Å²) in [6.07, 6.45) is 4.70. The molecule has 1 aliphatic heterocycles. The lowest BCUT2D eigenvalue weighted by molar-refractivity contribution is -0.117. The molecule has 1 saturated carbocycles. The van der Waals surface area contributed by atoms with Crippen LogP contribution in [-0.2, 0) is 9.53 Å². The molecule has 36 heavy (non-hydrogen) atoms. The summed E-state index contributed by atoms with van der Waals surface area (Å²) >= 11 is 0.